The van der Waals surface area contributed by atoms with Gasteiger partial charge in [0, 0.05) is 12.1 Å². The standard InChI is InChI=1S/C15H10ClFO3/c16-12-9-11(7-5-10(12)6-8-15(18)19)20-14-4-2-1-3-13(14)17/h1-9H,(H,18,19)/b8-6+. The highest BCUT2D eigenvalue weighted by Gasteiger charge is 2.05. The second kappa shape index (κ2) is 6.21. The molecule has 102 valence electrons. The first kappa shape index (κ1) is 14.1. The number of rotatable bonds is 4. The lowest BCUT2D eigenvalue weighted by atomic mass is 10.2. The van der Waals surface area contributed by atoms with Crippen molar-refractivity contribution < 1.29 is 19.0 Å². The number of carboxylic acids is 1. The number of carbonyl (C=O) groups is 1. The van der Waals surface area contributed by atoms with E-state index in [-0.39, 0.29) is 5.75 Å². The Kier molecular flexibility index (Phi) is 4.38. The minimum absolute atomic E-state index is 0.0948. The molecule has 0 spiro atoms. The molecule has 2 rings (SSSR count). The molecule has 1 N–H and O–H groups in total. The Morgan fingerprint density at radius 2 is 2.00 bits per heavy atom. The number of ether oxygens (including phenoxy) is 1. The van der Waals surface area contributed by atoms with E-state index in [2.05, 4.69) is 0 Å². The molecule has 0 saturated heterocycles. The van der Waals surface area contributed by atoms with Gasteiger partial charge in [-0.15, -0.1) is 0 Å². The fourth-order valence-electron chi connectivity index (χ4n) is 1.52. The van der Waals surface area contributed by atoms with Gasteiger partial charge >= 0.3 is 5.97 Å². The zero-order chi connectivity index (χ0) is 14.5. The second-order valence-corrected chi connectivity index (χ2v) is 4.29. The number of aliphatic carboxylic acids is 1. The normalized spacial score (nSPS) is 10.7. The molecular weight excluding hydrogens is 283 g/mol. The van der Waals surface area contributed by atoms with Crippen LogP contribution < -0.4 is 4.74 Å². The zero-order valence-electron chi connectivity index (χ0n) is 10.2. The second-order valence-electron chi connectivity index (χ2n) is 3.89. The van der Waals surface area contributed by atoms with Gasteiger partial charge in [0.1, 0.15) is 5.75 Å². The van der Waals surface area contributed by atoms with Gasteiger partial charge in [-0.2, -0.15) is 0 Å². The van der Waals surface area contributed by atoms with Gasteiger partial charge in [-0.3, -0.25) is 0 Å². The van der Waals surface area contributed by atoms with E-state index in [1.54, 1.807) is 24.3 Å². The first-order valence-electron chi connectivity index (χ1n) is 5.69. The van der Waals surface area contributed by atoms with Crippen LogP contribution in [0.5, 0.6) is 11.5 Å². The summed E-state index contributed by atoms with van der Waals surface area (Å²) in [4.78, 5) is 10.4. The molecule has 0 saturated carbocycles. The molecular formula is C15H10ClFO3. The first-order chi connectivity index (χ1) is 9.56. The van der Waals surface area contributed by atoms with Crippen molar-refractivity contribution in [2.75, 3.05) is 0 Å². The van der Waals surface area contributed by atoms with Crippen LogP contribution in [-0.4, -0.2) is 11.1 Å². The molecule has 0 aliphatic rings. The summed E-state index contributed by atoms with van der Waals surface area (Å²) in [6.45, 7) is 0. The number of halogens is 2. The van der Waals surface area contributed by atoms with Crippen molar-refractivity contribution >= 4 is 23.6 Å². The van der Waals surface area contributed by atoms with E-state index >= 15 is 0 Å². The Hall–Kier alpha value is -2.33. The lowest BCUT2D eigenvalue weighted by Crippen LogP contribution is -1.89. The van der Waals surface area contributed by atoms with Crippen molar-refractivity contribution in [3.05, 3.63) is 64.9 Å². The summed E-state index contributed by atoms with van der Waals surface area (Å²) in [6, 6.07) is 10.7. The van der Waals surface area contributed by atoms with E-state index in [1.165, 1.54) is 24.3 Å². The van der Waals surface area contributed by atoms with Crippen molar-refractivity contribution in [2.24, 2.45) is 0 Å². The Balaban J connectivity index is 2.21. The van der Waals surface area contributed by atoms with Crippen molar-refractivity contribution in [3.8, 4) is 11.5 Å². The highest BCUT2D eigenvalue weighted by atomic mass is 35.5. The molecule has 20 heavy (non-hydrogen) atoms. The fourth-order valence-corrected chi connectivity index (χ4v) is 1.76. The third kappa shape index (κ3) is 3.59. The molecule has 0 amide bonds. The van der Waals surface area contributed by atoms with Crippen LogP contribution in [-0.2, 0) is 4.79 Å². The Morgan fingerprint density at radius 3 is 2.65 bits per heavy atom. The SMILES string of the molecule is O=C(O)/C=C/c1ccc(Oc2ccccc2F)cc1Cl. The molecule has 2 aromatic rings. The molecule has 2 aromatic carbocycles. The maximum absolute atomic E-state index is 13.4. The first-order valence-corrected chi connectivity index (χ1v) is 6.07. The topological polar surface area (TPSA) is 46.5 Å². The van der Waals surface area contributed by atoms with Crippen LogP contribution in [0.15, 0.2) is 48.5 Å². The van der Waals surface area contributed by atoms with Crippen LogP contribution in [0, 0.1) is 5.82 Å². The number of hydrogen-bond donors (Lipinski definition) is 1. The lowest BCUT2D eigenvalue weighted by molar-refractivity contribution is -0.131. The molecule has 0 bridgehead atoms. The minimum atomic E-state index is -1.06. The molecule has 0 fully saturated rings. The van der Waals surface area contributed by atoms with Gasteiger partial charge in [-0.25, -0.2) is 9.18 Å². The Bertz CT molecular complexity index is 668. The van der Waals surface area contributed by atoms with Crippen LogP contribution in [0.2, 0.25) is 5.02 Å². The van der Waals surface area contributed by atoms with Crippen LogP contribution in [0.1, 0.15) is 5.56 Å². The Morgan fingerprint density at radius 1 is 1.25 bits per heavy atom. The smallest absolute Gasteiger partial charge is 0.328 e. The van der Waals surface area contributed by atoms with Crippen LogP contribution >= 0.6 is 11.6 Å². The number of para-hydroxylation sites is 1. The zero-order valence-corrected chi connectivity index (χ0v) is 11.0. The predicted molar refractivity (Wildman–Crippen MR) is 74.6 cm³/mol. The summed E-state index contributed by atoms with van der Waals surface area (Å²) in [5.74, 6) is -1.07. The Labute approximate surface area is 119 Å². The summed E-state index contributed by atoms with van der Waals surface area (Å²) in [5, 5.41) is 8.87. The van der Waals surface area contributed by atoms with E-state index in [0.717, 1.165) is 6.08 Å². The van der Waals surface area contributed by atoms with Gasteiger partial charge in [-0.1, -0.05) is 23.7 Å². The maximum Gasteiger partial charge on any atom is 0.328 e. The van der Waals surface area contributed by atoms with Gasteiger partial charge in [-0.05, 0) is 35.9 Å². The highest BCUT2D eigenvalue weighted by Crippen LogP contribution is 2.28. The van der Waals surface area contributed by atoms with Crippen molar-refractivity contribution in [2.45, 2.75) is 0 Å². The van der Waals surface area contributed by atoms with Gasteiger partial charge in [0.25, 0.3) is 0 Å². The molecule has 0 aliphatic heterocycles. The summed E-state index contributed by atoms with van der Waals surface area (Å²) >= 11 is 6.00. The molecule has 0 aromatic heterocycles. The van der Waals surface area contributed by atoms with Crippen molar-refractivity contribution in [1.82, 2.24) is 0 Å². The highest BCUT2D eigenvalue weighted by molar-refractivity contribution is 6.32. The molecule has 0 heterocycles. The predicted octanol–water partition coefficient (Wildman–Crippen LogP) is 4.37. The van der Waals surface area contributed by atoms with Gasteiger partial charge in [0.15, 0.2) is 11.6 Å². The number of carboxylic acid groups (broad SMARTS) is 1. The average Bonchev–Trinajstić information content (AvgIpc) is 2.40. The van der Waals surface area contributed by atoms with E-state index in [9.17, 15) is 9.18 Å². The molecule has 3 nitrogen and oxygen atoms in total. The molecule has 0 aliphatic carbocycles. The minimum Gasteiger partial charge on any atom is -0.478 e. The van der Waals surface area contributed by atoms with E-state index in [1.807, 2.05) is 0 Å². The summed E-state index contributed by atoms with van der Waals surface area (Å²) in [6.07, 6.45) is 2.36. The van der Waals surface area contributed by atoms with E-state index in [4.69, 9.17) is 21.4 Å². The quantitative estimate of drug-likeness (QED) is 0.851. The fraction of sp³-hybridized carbons (Fsp3) is 0. The third-order valence-electron chi connectivity index (χ3n) is 2.44. The molecule has 0 radical (unpaired) electrons. The lowest BCUT2D eigenvalue weighted by Gasteiger charge is -2.07. The summed E-state index contributed by atoms with van der Waals surface area (Å²) < 4.78 is 18.8. The largest absolute Gasteiger partial charge is 0.478 e. The molecule has 0 unspecified atom stereocenters. The van der Waals surface area contributed by atoms with Crippen LogP contribution in [0.3, 0.4) is 0 Å². The van der Waals surface area contributed by atoms with E-state index in [0.29, 0.717) is 16.3 Å². The molecule has 0 atom stereocenters. The number of benzene rings is 2. The maximum atomic E-state index is 13.4. The van der Waals surface area contributed by atoms with Crippen molar-refractivity contribution in [3.63, 3.8) is 0 Å². The van der Waals surface area contributed by atoms with Gasteiger partial charge < -0.3 is 9.84 Å². The van der Waals surface area contributed by atoms with Crippen LogP contribution in [0.25, 0.3) is 6.08 Å². The average molecular weight is 293 g/mol. The number of hydrogen-bond acceptors (Lipinski definition) is 2. The summed E-state index contributed by atoms with van der Waals surface area (Å²) in [5.41, 5.74) is 0.537. The van der Waals surface area contributed by atoms with Gasteiger partial charge in [0.05, 0.1) is 5.02 Å². The van der Waals surface area contributed by atoms with Gasteiger partial charge in [0.2, 0.25) is 0 Å². The van der Waals surface area contributed by atoms with Crippen molar-refractivity contribution in [1.29, 1.82) is 0 Å². The third-order valence-corrected chi connectivity index (χ3v) is 2.77. The molecule has 5 heteroatoms. The van der Waals surface area contributed by atoms with Crippen LogP contribution in [0.4, 0.5) is 4.39 Å². The monoisotopic (exact) mass is 292 g/mol. The van der Waals surface area contributed by atoms with E-state index < -0.39 is 11.8 Å². The summed E-state index contributed by atoms with van der Waals surface area (Å²) in [7, 11) is 0.